The van der Waals surface area contributed by atoms with Crippen molar-refractivity contribution in [3.05, 3.63) is 19.2 Å². The Bertz CT molecular complexity index is 580. The highest BCUT2D eigenvalue weighted by Gasteiger charge is 2.18. The van der Waals surface area contributed by atoms with Gasteiger partial charge in [0.2, 0.25) is 0 Å². The summed E-state index contributed by atoms with van der Waals surface area (Å²) in [6.45, 7) is -0.496. The maximum atomic E-state index is 11.8. The number of amides is 3. The molecule has 1 aliphatic rings. The highest BCUT2D eigenvalue weighted by molar-refractivity contribution is 9.13. The first-order valence-electron chi connectivity index (χ1n) is 7.18. The molecule has 0 aromatic carbocycles. The van der Waals surface area contributed by atoms with Gasteiger partial charge in [-0.15, -0.1) is 11.3 Å². The van der Waals surface area contributed by atoms with Crippen molar-refractivity contribution >= 4 is 61.1 Å². The summed E-state index contributed by atoms with van der Waals surface area (Å²) >= 11 is 7.74. The van der Waals surface area contributed by atoms with Crippen LogP contribution in [0.2, 0.25) is 0 Å². The molecule has 1 aromatic rings. The number of carbonyl (C=O) groups excluding carboxylic acids is 3. The first-order chi connectivity index (χ1) is 11.0. The van der Waals surface area contributed by atoms with E-state index in [0.717, 1.165) is 33.9 Å². The molecular weight excluding hydrogens is 452 g/mol. The van der Waals surface area contributed by atoms with Gasteiger partial charge in [0.15, 0.2) is 6.61 Å². The fraction of sp³-hybridized carbons (Fsp3) is 0.500. The number of urea groups is 1. The Morgan fingerprint density at radius 3 is 2.52 bits per heavy atom. The number of imide groups is 1. The molecule has 1 fully saturated rings. The van der Waals surface area contributed by atoms with Gasteiger partial charge in [-0.25, -0.2) is 9.59 Å². The monoisotopic (exact) mass is 466 g/mol. The molecule has 0 unspecified atom stereocenters. The van der Waals surface area contributed by atoms with Gasteiger partial charge in [0.05, 0.1) is 3.79 Å². The first-order valence-corrected chi connectivity index (χ1v) is 9.58. The van der Waals surface area contributed by atoms with Crippen molar-refractivity contribution < 1.29 is 19.1 Å². The summed E-state index contributed by atoms with van der Waals surface area (Å²) in [6.07, 6.45) is 5.21. The van der Waals surface area contributed by atoms with E-state index >= 15 is 0 Å². The predicted octanol–water partition coefficient (Wildman–Crippen LogP) is 3.59. The van der Waals surface area contributed by atoms with Crippen LogP contribution in [0, 0.1) is 0 Å². The smallest absolute Gasteiger partial charge is 0.348 e. The van der Waals surface area contributed by atoms with Gasteiger partial charge in [0.1, 0.15) is 4.88 Å². The van der Waals surface area contributed by atoms with E-state index in [1.807, 2.05) is 0 Å². The van der Waals surface area contributed by atoms with Crippen LogP contribution < -0.4 is 10.6 Å². The Kier molecular flexibility index (Phi) is 7.04. The van der Waals surface area contributed by atoms with Crippen LogP contribution in [-0.4, -0.2) is 30.6 Å². The summed E-state index contributed by atoms with van der Waals surface area (Å²) < 4.78 is 6.39. The molecule has 1 aromatic heterocycles. The minimum Gasteiger partial charge on any atom is -0.451 e. The van der Waals surface area contributed by atoms with Crippen molar-refractivity contribution in [3.8, 4) is 0 Å². The molecule has 0 spiro atoms. The quantitative estimate of drug-likeness (QED) is 0.662. The zero-order chi connectivity index (χ0) is 16.8. The van der Waals surface area contributed by atoms with Crippen molar-refractivity contribution in [2.24, 2.45) is 0 Å². The Labute approximate surface area is 154 Å². The number of ether oxygens (including phenoxy) is 1. The zero-order valence-electron chi connectivity index (χ0n) is 12.2. The number of esters is 1. The normalized spacial score (nSPS) is 15.0. The summed E-state index contributed by atoms with van der Waals surface area (Å²) in [5.41, 5.74) is 0. The van der Waals surface area contributed by atoms with Crippen molar-refractivity contribution in [1.82, 2.24) is 10.6 Å². The molecule has 1 saturated carbocycles. The summed E-state index contributed by atoms with van der Waals surface area (Å²) in [7, 11) is 0. The topological polar surface area (TPSA) is 84.5 Å². The molecular formula is C14H16Br2N2O4S. The van der Waals surface area contributed by atoms with Gasteiger partial charge in [-0.1, -0.05) is 19.3 Å². The van der Waals surface area contributed by atoms with Crippen molar-refractivity contribution in [1.29, 1.82) is 0 Å². The van der Waals surface area contributed by atoms with Crippen LogP contribution in [0.25, 0.3) is 0 Å². The average Bonchev–Trinajstić information content (AvgIpc) is 2.85. The summed E-state index contributed by atoms with van der Waals surface area (Å²) in [4.78, 5) is 35.5. The third kappa shape index (κ3) is 5.89. The number of thiophene rings is 1. The summed E-state index contributed by atoms with van der Waals surface area (Å²) in [6, 6.07) is 1.17. The number of halogens is 2. The van der Waals surface area contributed by atoms with E-state index in [0.29, 0.717) is 4.88 Å². The molecule has 0 saturated heterocycles. The van der Waals surface area contributed by atoms with E-state index < -0.39 is 24.5 Å². The predicted molar refractivity (Wildman–Crippen MR) is 93.5 cm³/mol. The lowest BCUT2D eigenvalue weighted by Crippen LogP contribution is -2.46. The molecule has 3 amide bonds. The highest BCUT2D eigenvalue weighted by atomic mass is 79.9. The third-order valence-corrected chi connectivity index (χ3v) is 6.61. The van der Waals surface area contributed by atoms with Gasteiger partial charge in [0, 0.05) is 10.5 Å². The van der Waals surface area contributed by atoms with E-state index in [4.69, 9.17) is 4.74 Å². The molecule has 126 valence electrons. The lowest BCUT2D eigenvalue weighted by atomic mass is 9.96. The van der Waals surface area contributed by atoms with Crippen LogP contribution in [0.3, 0.4) is 0 Å². The van der Waals surface area contributed by atoms with Crippen LogP contribution >= 0.6 is 43.2 Å². The highest BCUT2D eigenvalue weighted by Crippen LogP contribution is 2.32. The Hall–Kier alpha value is -0.930. The molecule has 1 aliphatic carbocycles. The average molecular weight is 468 g/mol. The maximum absolute atomic E-state index is 11.8. The SMILES string of the molecule is O=C(COC(=O)c1cc(Br)c(Br)s1)NC(=O)NC1CCCCC1. The number of rotatable bonds is 4. The van der Waals surface area contributed by atoms with Crippen LogP contribution in [0.1, 0.15) is 41.8 Å². The fourth-order valence-corrected chi connectivity index (χ4v) is 4.21. The van der Waals surface area contributed by atoms with E-state index in [9.17, 15) is 14.4 Å². The molecule has 0 aliphatic heterocycles. The van der Waals surface area contributed by atoms with E-state index in [2.05, 4.69) is 42.5 Å². The molecule has 1 heterocycles. The first kappa shape index (κ1) is 18.4. The number of nitrogens with one attached hydrogen (secondary N) is 2. The lowest BCUT2D eigenvalue weighted by Gasteiger charge is -2.22. The van der Waals surface area contributed by atoms with Gasteiger partial charge >= 0.3 is 12.0 Å². The second-order valence-electron chi connectivity index (χ2n) is 5.16. The Balaban J connectivity index is 1.71. The number of hydrogen-bond acceptors (Lipinski definition) is 5. The maximum Gasteiger partial charge on any atom is 0.348 e. The van der Waals surface area contributed by atoms with Crippen LogP contribution in [0.4, 0.5) is 4.79 Å². The lowest BCUT2D eigenvalue weighted by molar-refractivity contribution is -0.123. The minimum atomic E-state index is -0.652. The number of hydrogen-bond donors (Lipinski definition) is 2. The molecule has 2 N–H and O–H groups in total. The van der Waals surface area contributed by atoms with Gasteiger partial charge < -0.3 is 10.1 Å². The van der Waals surface area contributed by atoms with Crippen molar-refractivity contribution in [3.63, 3.8) is 0 Å². The molecule has 0 bridgehead atoms. The van der Waals surface area contributed by atoms with Gasteiger partial charge in [-0.3, -0.25) is 10.1 Å². The Morgan fingerprint density at radius 2 is 1.91 bits per heavy atom. The standard InChI is InChI=1S/C14H16Br2N2O4S/c15-9-6-10(23-12(9)16)13(20)22-7-11(19)18-14(21)17-8-4-2-1-3-5-8/h6,8H,1-5,7H2,(H2,17,18,19,21). The number of carbonyl (C=O) groups is 3. The summed E-state index contributed by atoms with van der Waals surface area (Å²) in [5.74, 6) is -1.26. The second kappa shape index (κ2) is 8.79. The van der Waals surface area contributed by atoms with Gasteiger partial charge in [0.25, 0.3) is 5.91 Å². The molecule has 9 heteroatoms. The molecule has 6 nitrogen and oxygen atoms in total. The van der Waals surface area contributed by atoms with Crippen LogP contribution in [-0.2, 0) is 9.53 Å². The largest absolute Gasteiger partial charge is 0.451 e. The fourth-order valence-electron chi connectivity index (χ4n) is 2.28. The van der Waals surface area contributed by atoms with E-state index in [-0.39, 0.29) is 6.04 Å². The zero-order valence-corrected chi connectivity index (χ0v) is 16.2. The van der Waals surface area contributed by atoms with Crippen LogP contribution in [0.15, 0.2) is 14.3 Å². The Morgan fingerprint density at radius 1 is 1.22 bits per heavy atom. The molecule has 23 heavy (non-hydrogen) atoms. The van der Waals surface area contributed by atoms with Gasteiger partial charge in [-0.2, -0.15) is 0 Å². The summed E-state index contributed by atoms with van der Waals surface area (Å²) in [5, 5.41) is 4.93. The van der Waals surface area contributed by atoms with Crippen LogP contribution in [0.5, 0.6) is 0 Å². The van der Waals surface area contributed by atoms with Gasteiger partial charge in [-0.05, 0) is 50.8 Å². The minimum absolute atomic E-state index is 0.111. The van der Waals surface area contributed by atoms with Crippen molar-refractivity contribution in [2.45, 2.75) is 38.1 Å². The van der Waals surface area contributed by atoms with Crippen molar-refractivity contribution in [2.75, 3.05) is 6.61 Å². The van der Waals surface area contributed by atoms with E-state index in [1.54, 1.807) is 6.07 Å². The molecule has 0 radical (unpaired) electrons. The third-order valence-electron chi connectivity index (χ3n) is 3.37. The van der Waals surface area contributed by atoms with E-state index in [1.165, 1.54) is 17.8 Å². The second-order valence-corrected chi connectivity index (χ2v) is 8.39. The molecule has 0 atom stereocenters. The molecule has 2 rings (SSSR count).